The molecule has 0 fully saturated rings. The molecule has 0 aliphatic rings. The van der Waals surface area contributed by atoms with Gasteiger partial charge >= 0.3 is 11.7 Å². The quantitative estimate of drug-likeness (QED) is 0.457. The highest BCUT2D eigenvalue weighted by molar-refractivity contribution is 5.79. The summed E-state index contributed by atoms with van der Waals surface area (Å²) in [5.41, 5.74) is -1.46. The van der Waals surface area contributed by atoms with Crippen molar-refractivity contribution in [3.63, 3.8) is 0 Å². The van der Waals surface area contributed by atoms with Crippen molar-refractivity contribution in [1.82, 2.24) is 0 Å². The summed E-state index contributed by atoms with van der Waals surface area (Å²) < 4.78 is 10.2. The van der Waals surface area contributed by atoms with Crippen LogP contribution in [0, 0.1) is 10.1 Å². The molecule has 0 aliphatic carbocycles. The predicted molar refractivity (Wildman–Crippen MR) is 64.4 cm³/mol. The minimum Gasteiger partial charge on any atom is -0.469 e. The van der Waals surface area contributed by atoms with Gasteiger partial charge in [-0.1, -0.05) is 12.1 Å². The zero-order chi connectivity index (χ0) is 13.8. The molecule has 0 spiro atoms. The molecule has 0 saturated carbocycles. The van der Waals surface area contributed by atoms with Gasteiger partial charge in [-0.25, -0.2) is 4.79 Å². The summed E-state index contributed by atoms with van der Waals surface area (Å²) in [7, 11) is 0. The Balaban J connectivity index is 2.97. The lowest BCUT2D eigenvalue weighted by atomic mass is 10.1. The van der Waals surface area contributed by atoms with Crippen LogP contribution in [0.3, 0.4) is 0 Å². The van der Waals surface area contributed by atoms with E-state index in [1.807, 2.05) is 0 Å². The molecule has 0 aromatic heterocycles. The fourth-order valence-corrected chi connectivity index (χ4v) is 1.32. The Hall–Kier alpha value is -2.11. The Kier molecular flexibility index (Phi) is 4.25. The van der Waals surface area contributed by atoms with E-state index in [2.05, 4.69) is 0 Å². The van der Waals surface area contributed by atoms with Crippen molar-refractivity contribution in [3.8, 4) is 5.75 Å². The Morgan fingerprint density at radius 2 is 2.00 bits per heavy atom. The van der Waals surface area contributed by atoms with Gasteiger partial charge in [-0.05, 0) is 26.8 Å². The number of nitro groups is 1. The Bertz CT molecular complexity index is 456. The number of esters is 1. The van der Waals surface area contributed by atoms with E-state index in [1.54, 1.807) is 13.0 Å². The zero-order valence-corrected chi connectivity index (χ0v) is 10.5. The van der Waals surface area contributed by atoms with Crippen LogP contribution in [0.25, 0.3) is 0 Å². The van der Waals surface area contributed by atoms with E-state index >= 15 is 0 Å². The second-order valence-electron chi connectivity index (χ2n) is 4.06. The molecule has 0 amide bonds. The van der Waals surface area contributed by atoms with Gasteiger partial charge in [0.25, 0.3) is 0 Å². The molecule has 6 nitrogen and oxygen atoms in total. The maximum absolute atomic E-state index is 11.6. The lowest BCUT2D eigenvalue weighted by molar-refractivity contribution is -0.386. The average molecular weight is 253 g/mol. The lowest BCUT2D eigenvalue weighted by Gasteiger charge is -2.23. The van der Waals surface area contributed by atoms with Crippen LogP contribution in [-0.4, -0.2) is 23.1 Å². The summed E-state index contributed by atoms with van der Waals surface area (Å²) in [4.78, 5) is 21.9. The van der Waals surface area contributed by atoms with Crippen molar-refractivity contribution in [3.05, 3.63) is 34.4 Å². The van der Waals surface area contributed by atoms with E-state index in [4.69, 9.17) is 9.47 Å². The normalized spacial score (nSPS) is 10.8. The number of hydrogen-bond donors (Lipinski definition) is 0. The van der Waals surface area contributed by atoms with E-state index in [0.29, 0.717) is 0 Å². The van der Waals surface area contributed by atoms with Crippen LogP contribution in [0.4, 0.5) is 5.69 Å². The summed E-state index contributed by atoms with van der Waals surface area (Å²) in [5, 5.41) is 10.8. The number of hydrogen-bond acceptors (Lipinski definition) is 5. The molecule has 98 valence electrons. The van der Waals surface area contributed by atoms with Crippen LogP contribution in [0.2, 0.25) is 0 Å². The van der Waals surface area contributed by atoms with Crippen molar-refractivity contribution >= 4 is 11.7 Å². The van der Waals surface area contributed by atoms with E-state index < -0.39 is 16.5 Å². The number of nitrogens with zero attached hydrogens (tertiary/aromatic N) is 1. The van der Waals surface area contributed by atoms with Gasteiger partial charge in [-0.2, -0.15) is 0 Å². The first kappa shape index (κ1) is 14.0. The Morgan fingerprint density at radius 1 is 1.39 bits per heavy atom. The van der Waals surface area contributed by atoms with Gasteiger partial charge in [-0.3, -0.25) is 10.1 Å². The Labute approximate surface area is 105 Å². The summed E-state index contributed by atoms with van der Waals surface area (Å²) in [6.07, 6.45) is 0. The summed E-state index contributed by atoms with van der Waals surface area (Å²) in [5.74, 6) is -0.524. The number of carbonyl (C=O) groups is 1. The molecular formula is C12H15NO5. The van der Waals surface area contributed by atoms with Gasteiger partial charge < -0.3 is 9.47 Å². The number of benzene rings is 1. The molecule has 0 bridgehead atoms. The maximum Gasteiger partial charge on any atom is 0.349 e. The predicted octanol–water partition coefficient (Wildman–Crippen LogP) is 2.32. The number of nitro benzene ring substituents is 1. The molecule has 1 rings (SSSR count). The molecule has 0 saturated heterocycles. The van der Waals surface area contributed by atoms with Crippen molar-refractivity contribution in [1.29, 1.82) is 0 Å². The number of carbonyl (C=O) groups excluding carboxylic acids is 1. The lowest BCUT2D eigenvalue weighted by Crippen LogP contribution is -2.39. The van der Waals surface area contributed by atoms with Crippen molar-refractivity contribution < 1.29 is 19.2 Å². The minimum atomic E-state index is -1.28. The minimum absolute atomic E-state index is 0.0422. The molecule has 0 heterocycles. The smallest absolute Gasteiger partial charge is 0.349 e. The van der Waals surface area contributed by atoms with Gasteiger partial charge in [0.05, 0.1) is 11.5 Å². The van der Waals surface area contributed by atoms with E-state index in [1.165, 1.54) is 32.0 Å². The highest BCUT2D eigenvalue weighted by Gasteiger charge is 2.33. The summed E-state index contributed by atoms with van der Waals surface area (Å²) in [6, 6.07) is 5.89. The SMILES string of the molecule is CCOC(=O)C(C)(C)Oc1ccccc1[N+](=O)[O-]. The summed E-state index contributed by atoms with van der Waals surface area (Å²) in [6.45, 7) is 4.91. The van der Waals surface area contributed by atoms with Crippen LogP contribution in [0.5, 0.6) is 5.75 Å². The molecule has 6 heteroatoms. The monoisotopic (exact) mass is 253 g/mol. The molecule has 1 aromatic rings. The molecule has 0 unspecified atom stereocenters. The molecule has 18 heavy (non-hydrogen) atoms. The van der Waals surface area contributed by atoms with Gasteiger partial charge in [0.15, 0.2) is 5.75 Å². The highest BCUT2D eigenvalue weighted by Crippen LogP contribution is 2.29. The van der Waals surface area contributed by atoms with E-state index in [9.17, 15) is 14.9 Å². The second-order valence-corrected chi connectivity index (χ2v) is 4.06. The van der Waals surface area contributed by atoms with Crippen molar-refractivity contribution in [2.45, 2.75) is 26.4 Å². The van der Waals surface area contributed by atoms with Crippen LogP contribution in [0.1, 0.15) is 20.8 Å². The van der Waals surface area contributed by atoms with Crippen LogP contribution >= 0.6 is 0 Å². The fourth-order valence-electron chi connectivity index (χ4n) is 1.32. The first-order valence-electron chi connectivity index (χ1n) is 5.48. The molecule has 0 aliphatic heterocycles. The first-order valence-corrected chi connectivity index (χ1v) is 5.48. The Morgan fingerprint density at radius 3 is 2.56 bits per heavy atom. The standard InChI is InChI=1S/C12H15NO5/c1-4-17-11(14)12(2,3)18-10-8-6-5-7-9(10)13(15)16/h5-8H,4H2,1-3H3. The third kappa shape index (κ3) is 3.19. The number of rotatable bonds is 5. The molecule has 1 aromatic carbocycles. The second kappa shape index (κ2) is 5.48. The maximum atomic E-state index is 11.6. The number of para-hydroxylation sites is 2. The highest BCUT2D eigenvalue weighted by atomic mass is 16.6. The molecule has 0 N–H and O–H groups in total. The van der Waals surface area contributed by atoms with Crippen LogP contribution < -0.4 is 4.74 Å². The average Bonchev–Trinajstić information content (AvgIpc) is 2.29. The summed E-state index contributed by atoms with van der Waals surface area (Å²) >= 11 is 0. The van der Waals surface area contributed by atoms with E-state index in [0.717, 1.165) is 0 Å². The van der Waals surface area contributed by atoms with Gasteiger partial charge in [0.2, 0.25) is 5.60 Å². The van der Waals surface area contributed by atoms with Gasteiger partial charge in [0, 0.05) is 6.07 Å². The molecule has 0 atom stereocenters. The molecule has 0 radical (unpaired) electrons. The first-order chi connectivity index (χ1) is 8.38. The van der Waals surface area contributed by atoms with E-state index in [-0.39, 0.29) is 18.0 Å². The van der Waals surface area contributed by atoms with Crippen molar-refractivity contribution in [2.75, 3.05) is 6.61 Å². The van der Waals surface area contributed by atoms with Gasteiger partial charge in [0.1, 0.15) is 0 Å². The third-order valence-electron chi connectivity index (χ3n) is 2.19. The zero-order valence-electron chi connectivity index (χ0n) is 10.5. The number of ether oxygens (including phenoxy) is 2. The van der Waals surface area contributed by atoms with Crippen LogP contribution in [0.15, 0.2) is 24.3 Å². The topological polar surface area (TPSA) is 78.7 Å². The van der Waals surface area contributed by atoms with Gasteiger partial charge in [-0.15, -0.1) is 0 Å². The largest absolute Gasteiger partial charge is 0.469 e. The third-order valence-corrected chi connectivity index (χ3v) is 2.19. The van der Waals surface area contributed by atoms with Crippen molar-refractivity contribution in [2.24, 2.45) is 0 Å². The fraction of sp³-hybridized carbons (Fsp3) is 0.417. The molecular weight excluding hydrogens is 238 g/mol. The van der Waals surface area contributed by atoms with Crippen LogP contribution in [-0.2, 0) is 9.53 Å².